The number of morpholine rings is 1. The summed E-state index contributed by atoms with van der Waals surface area (Å²) < 4.78 is 5.25. The van der Waals surface area contributed by atoms with Gasteiger partial charge in [0.15, 0.2) is 0 Å². The zero-order valence-corrected chi connectivity index (χ0v) is 14.1. The molecule has 25 heavy (non-hydrogen) atoms. The van der Waals surface area contributed by atoms with Crippen LogP contribution in [0.5, 0.6) is 0 Å². The fourth-order valence-corrected chi connectivity index (χ4v) is 2.98. The Kier molecular flexibility index (Phi) is 5.80. The number of benzene rings is 2. The maximum absolute atomic E-state index is 12.8. The number of nitrogens with zero attached hydrogens (tertiary/aromatic N) is 1. The lowest BCUT2D eigenvalue weighted by Gasteiger charge is -2.27. The van der Waals surface area contributed by atoms with Crippen molar-refractivity contribution in [2.45, 2.75) is 5.92 Å². The van der Waals surface area contributed by atoms with E-state index in [4.69, 9.17) is 4.74 Å². The molecule has 0 aromatic heterocycles. The van der Waals surface area contributed by atoms with Crippen LogP contribution in [0.15, 0.2) is 60.7 Å². The molecule has 0 spiro atoms. The first-order valence-corrected chi connectivity index (χ1v) is 8.49. The highest BCUT2D eigenvalue weighted by atomic mass is 16.5. The van der Waals surface area contributed by atoms with Crippen molar-refractivity contribution in [1.29, 1.82) is 0 Å². The van der Waals surface area contributed by atoms with Gasteiger partial charge in [0.2, 0.25) is 11.8 Å². The maximum atomic E-state index is 12.8. The summed E-state index contributed by atoms with van der Waals surface area (Å²) in [6, 6.07) is 19.2. The lowest BCUT2D eigenvalue weighted by Crippen LogP contribution is -2.46. The summed E-state index contributed by atoms with van der Waals surface area (Å²) >= 11 is 0. The predicted octanol–water partition coefficient (Wildman–Crippen LogP) is 1.79. The zero-order valence-electron chi connectivity index (χ0n) is 14.1. The first-order chi connectivity index (χ1) is 12.3. The molecule has 1 aliphatic heterocycles. The molecule has 0 saturated carbocycles. The van der Waals surface area contributed by atoms with Crippen LogP contribution in [0, 0.1) is 0 Å². The average Bonchev–Trinajstić information content (AvgIpc) is 2.69. The standard InChI is InChI=1S/C20H22N2O3/c23-18(22-11-13-25-14-12-22)15-21-20(24)19(16-7-3-1-4-8-16)17-9-5-2-6-10-17/h1-10,19H,11-15H2,(H,21,24). The van der Waals surface area contributed by atoms with Gasteiger partial charge in [0, 0.05) is 13.1 Å². The zero-order chi connectivity index (χ0) is 17.5. The van der Waals surface area contributed by atoms with Crippen molar-refractivity contribution in [3.05, 3.63) is 71.8 Å². The highest BCUT2D eigenvalue weighted by molar-refractivity contribution is 5.90. The molecule has 1 saturated heterocycles. The summed E-state index contributed by atoms with van der Waals surface area (Å²) in [5.41, 5.74) is 1.81. The van der Waals surface area contributed by atoms with Gasteiger partial charge in [0.05, 0.1) is 25.7 Å². The van der Waals surface area contributed by atoms with Gasteiger partial charge in [-0.15, -0.1) is 0 Å². The van der Waals surface area contributed by atoms with Crippen molar-refractivity contribution in [3.8, 4) is 0 Å². The summed E-state index contributed by atoms with van der Waals surface area (Å²) in [6.07, 6.45) is 0. The molecule has 0 radical (unpaired) electrons. The van der Waals surface area contributed by atoms with E-state index in [1.54, 1.807) is 4.90 Å². The number of hydrogen-bond donors (Lipinski definition) is 1. The van der Waals surface area contributed by atoms with Crippen molar-refractivity contribution < 1.29 is 14.3 Å². The van der Waals surface area contributed by atoms with Crippen LogP contribution in [-0.4, -0.2) is 49.6 Å². The molecule has 2 aromatic carbocycles. The third-order valence-corrected chi connectivity index (χ3v) is 4.31. The molecule has 5 nitrogen and oxygen atoms in total. The number of hydrogen-bond acceptors (Lipinski definition) is 3. The molecule has 0 aliphatic carbocycles. The van der Waals surface area contributed by atoms with E-state index in [-0.39, 0.29) is 18.4 Å². The van der Waals surface area contributed by atoms with Gasteiger partial charge in [-0.25, -0.2) is 0 Å². The summed E-state index contributed by atoms with van der Waals surface area (Å²) in [6.45, 7) is 2.27. The molecule has 2 aromatic rings. The van der Waals surface area contributed by atoms with Crippen molar-refractivity contribution in [3.63, 3.8) is 0 Å². The fourth-order valence-electron chi connectivity index (χ4n) is 2.98. The van der Waals surface area contributed by atoms with E-state index in [1.165, 1.54) is 0 Å². The normalized spacial score (nSPS) is 14.4. The molecular formula is C20H22N2O3. The summed E-state index contributed by atoms with van der Waals surface area (Å²) in [4.78, 5) is 26.8. The SMILES string of the molecule is O=C(NCC(=O)N1CCOCC1)C(c1ccccc1)c1ccccc1. The summed E-state index contributed by atoms with van der Waals surface area (Å²) in [5.74, 6) is -0.671. The Labute approximate surface area is 147 Å². The van der Waals surface area contributed by atoms with Gasteiger partial charge in [0.25, 0.3) is 0 Å². The van der Waals surface area contributed by atoms with E-state index < -0.39 is 5.92 Å². The van der Waals surface area contributed by atoms with Crippen LogP contribution in [0.4, 0.5) is 0 Å². The largest absolute Gasteiger partial charge is 0.378 e. The second-order valence-corrected chi connectivity index (χ2v) is 5.97. The van der Waals surface area contributed by atoms with E-state index in [2.05, 4.69) is 5.32 Å². The Morgan fingerprint density at radius 3 is 1.96 bits per heavy atom. The maximum Gasteiger partial charge on any atom is 0.242 e. The Bertz CT molecular complexity index is 658. The molecule has 1 N–H and O–H groups in total. The van der Waals surface area contributed by atoms with Crippen molar-refractivity contribution in [1.82, 2.24) is 10.2 Å². The van der Waals surface area contributed by atoms with Crippen molar-refractivity contribution in [2.75, 3.05) is 32.8 Å². The van der Waals surface area contributed by atoms with E-state index in [0.717, 1.165) is 11.1 Å². The molecule has 5 heteroatoms. The number of ether oxygens (including phenoxy) is 1. The van der Waals surface area contributed by atoms with Crippen LogP contribution in [0.2, 0.25) is 0 Å². The number of amides is 2. The van der Waals surface area contributed by atoms with Gasteiger partial charge in [-0.1, -0.05) is 60.7 Å². The van der Waals surface area contributed by atoms with Gasteiger partial charge in [-0.05, 0) is 11.1 Å². The van der Waals surface area contributed by atoms with Gasteiger partial charge in [-0.2, -0.15) is 0 Å². The lowest BCUT2D eigenvalue weighted by molar-refractivity contribution is -0.136. The van der Waals surface area contributed by atoms with Crippen LogP contribution in [0.25, 0.3) is 0 Å². The Balaban J connectivity index is 1.70. The Morgan fingerprint density at radius 1 is 0.920 bits per heavy atom. The third-order valence-electron chi connectivity index (χ3n) is 4.31. The highest BCUT2D eigenvalue weighted by Crippen LogP contribution is 2.24. The fraction of sp³-hybridized carbons (Fsp3) is 0.300. The average molecular weight is 338 g/mol. The minimum Gasteiger partial charge on any atom is -0.378 e. The predicted molar refractivity (Wildman–Crippen MR) is 95.1 cm³/mol. The molecule has 3 rings (SSSR count). The quantitative estimate of drug-likeness (QED) is 0.904. The van der Waals surface area contributed by atoms with Gasteiger partial charge >= 0.3 is 0 Å². The number of carbonyl (C=O) groups is 2. The molecule has 130 valence electrons. The van der Waals surface area contributed by atoms with Gasteiger partial charge in [0.1, 0.15) is 0 Å². The summed E-state index contributed by atoms with van der Waals surface area (Å²) in [7, 11) is 0. The second-order valence-electron chi connectivity index (χ2n) is 5.97. The van der Waals surface area contributed by atoms with Crippen LogP contribution >= 0.6 is 0 Å². The molecule has 0 unspecified atom stereocenters. The molecule has 1 fully saturated rings. The first kappa shape index (κ1) is 17.2. The highest BCUT2D eigenvalue weighted by Gasteiger charge is 2.24. The molecule has 0 bridgehead atoms. The lowest BCUT2D eigenvalue weighted by atomic mass is 9.90. The number of nitrogens with one attached hydrogen (secondary N) is 1. The molecule has 1 aliphatic rings. The van der Waals surface area contributed by atoms with Gasteiger partial charge < -0.3 is 15.0 Å². The minimum absolute atomic E-state index is 0.00893. The topological polar surface area (TPSA) is 58.6 Å². The molecule has 2 amide bonds. The first-order valence-electron chi connectivity index (χ1n) is 8.49. The minimum atomic E-state index is -0.431. The number of carbonyl (C=O) groups excluding carboxylic acids is 2. The summed E-state index contributed by atoms with van der Waals surface area (Å²) in [5, 5.41) is 2.81. The van der Waals surface area contributed by atoms with E-state index in [0.29, 0.717) is 26.3 Å². The Morgan fingerprint density at radius 2 is 1.44 bits per heavy atom. The van der Waals surface area contributed by atoms with Crippen molar-refractivity contribution >= 4 is 11.8 Å². The van der Waals surface area contributed by atoms with Gasteiger partial charge in [-0.3, -0.25) is 9.59 Å². The monoisotopic (exact) mass is 338 g/mol. The molecule has 0 atom stereocenters. The third kappa shape index (κ3) is 4.45. The van der Waals surface area contributed by atoms with Crippen molar-refractivity contribution in [2.24, 2.45) is 0 Å². The second kappa shape index (κ2) is 8.44. The van der Waals surface area contributed by atoms with E-state index in [9.17, 15) is 9.59 Å². The smallest absolute Gasteiger partial charge is 0.242 e. The number of rotatable bonds is 5. The van der Waals surface area contributed by atoms with Crippen LogP contribution in [0.1, 0.15) is 17.0 Å². The van der Waals surface area contributed by atoms with E-state index in [1.807, 2.05) is 60.7 Å². The van der Waals surface area contributed by atoms with Crippen LogP contribution in [0.3, 0.4) is 0 Å². The Hall–Kier alpha value is -2.66. The molecule has 1 heterocycles. The van der Waals surface area contributed by atoms with E-state index >= 15 is 0 Å². The van der Waals surface area contributed by atoms with Crippen LogP contribution in [-0.2, 0) is 14.3 Å². The van der Waals surface area contributed by atoms with Crippen LogP contribution < -0.4 is 5.32 Å². The molecular weight excluding hydrogens is 316 g/mol.